The molecule has 0 saturated heterocycles. The van der Waals surface area contributed by atoms with Gasteiger partial charge in [0.05, 0.1) is 5.56 Å². The number of hydrogen-bond acceptors (Lipinski definition) is 3. The third-order valence-corrected chi connectivity index (χ3v) is 1.44. The van der Waals surface area contributed by atoms with Crippen LogP contribution in [0.15, 0.2) is 24.5 Å². The molecule has 0 unspecified atom stereocenters. The molecule has 0 fully saturated rings. The highest BCUT2D eigenvalue weighted by Crippen LogP contribution is 1.99. The molecule has 1 aromatic rings. The molecule has 0 radical (unpaired) electrons. The van der Waals surface area contributed by atoms with Crippen molar-refractivity contribution >= 4 is 5.91 Å². The van der Waals surface area contributed by atoms with E-state index in [0.29, 0.717) is 10.6 Å². The molecule has 1 amide bonds. The third kappa shape index (κ3) is 2.79. The smallest absolute Gasteiger partial charge is 0.278 e. The minimum atomic E-state index is -0.425. The van der Waals surface area contributed by atoms with Crippen molar-refractivity contribution < 1.29 is 14.7 Å². The first-order valence-corrected chi connectivity index (χ1v) is 3.66. The number of pyridine rings is 1. The summed E-state index contributed by atoms with van der Waals surface area (Å²) >= 11 is 0. The fraction of sp³-hybridized carbons (Fsp3) is 0.250. The van der Waals surface area contributed by atoms with E-state index in [1.165, 1.54) is 6.20 Å². The maximum absolute atomic E-state index is 11.2. The Hall–Kier alpha value is -1.49. The van der Waals surface area contributed by atoms with E-state index in [0.717, 1.165) is 0 Å². The third-order valence-electron chi connectivity index (χ3n) is 1.44. The summed E-state index contributed by atoms with van der Waals surface area (Å²) in [7, 11) is 0. The van der Waals surface area contributed by atoms with Crippen molar-refractivity contribution in [1.82, 2.24) is 10.0 Å². The van der Waals surface area contributed by atoms with E-state index < -0.39 is 5.91 Å². The van der Waals surface area contributed by atoms with Crippen LogP contribution < -0.4 is 0 Å². The van der Waals surface area contributed by atoms with Crippen molar-refractivity contribution in [1.29, 1.82) is 0 Å². The second-order valence-corrected chi connectivity index (χ2v) is 2.26. The molecule has 0 aliphatic heterocycles. The number of rotatable bonds is 2. The van der Waals surface area contributed by atoms with E-state index in [1.807, 2.05) is 0 Å². The van der Waals surface area contributed by atoms with Gasteiger partial charge in [-0.3, -0.25) is 19.7 Å². The summed E-state index contributed by atoms with van der Waals surface area (Å²) in [5.41, 5.74) is 0.391. The molecular formula is C8H11FN2O2. The van der Waals surface area contributed by atoms with E-state index in [2.05, 4.69) is 4.98 Å². The van der Waals surface area contributed by atoms with Crippen LogP contribution in [0.4, 0.5) is 4.70 Å². The van der Waals surface area contributed by atoms with Crippen molar-refractivity contribution in [3.63, 3.8) is 0 Å². The molecule has 4 nitrogen and oxygen atoms in total. The Kier molecular flexibility index (Phi) is 4.61. The van der Waals surface area contributed by atoms with Gasteiger partial charge in [0.25, 0.3) is 5.91 Å². The number of halogens is 1. The van der Waals surface area contributed by atoms with Crippen molar-refractivity contribution in [3.05, 3.63) is 30.1 Å². The Morgan fingerprint density at radius 3 is 2.85 bits per heavy atom. The molecule has 72 valence electrons. The van der Waals surface area contributed by atoms with Gasteiger partial charge >= 0.3 is 0 Å². The molecule has 1 aromatic heterocycles. The van der Waals surface area contributed by atoms with Crippen molar-refractivity contribution in [2.24, 2.45) is 0 Å². The average Bonchev–Trinajstić information content (AvgIpc) is 2.17. The number of nitrogens with zero attached hydrogens (tertiary/aromatic N) is 2. The van der Waals surface area contributed by atoms with Crippen LogP contribution in [0.1, 0.15) is 17.3 Å². The molecule has 0 atom stereocenters. The summed E-state index contributed by atoms with van der Waals surface area (Å²) in [6, 6.07) is 3.25. The molecule has 0 aliphatic carbocycles. The molecule has 1 heterocycles. The molecule has 13 heavy (non-hydrogen) atoms. The lowest BCUT2D eigenvalue weighted by molar-refractivity contribution is -0.0541. The minimum Gasteiger partial charge on any atom is -0.286 e. The summed E-state index contributed by atoms with van der Waals surface area (Å²) in [5, 5.41) is 9.69. The van der Waals surface area contributed by atoms with Crippen LogP contribution in [0.25, 0.3) is 0 Å². The highest BCUT2D eigenvalue weighted by Gasteiger charge is 2.10. The molecule has 1 N–H and O–H groups in total. The Morgan fingerprint density at radius 1 is 1.69 bits per heavy atom. The summed E-state index contributed by atoms with van der Waals surface area (Å²) < 4.78 is 0. The fourth-order valence-corrected chi connectivity index (χ4v) is 0.782. The Labute approximate surface area is 75.1 Å². The first-order valence-electron chi connectivity index (χ1n) is 3.66. The van der Waals surface area contributed by atoms with E-state index in [1.54, 1.807) is 25.3 Å². The van der Waals surface area contributed by atoms with Gasteiger partial charge in [-0.05, 0) is 19.1 Å². The van der Waals surface area contributed by atoms with Gasteiger partial charge in [0.15, 0.2) is 0 Å². The second kappa shape index (κ2) is 5.21. The summed E-state index contributed by atoms with van der Waals surface area (Å²) in [4.78, 5) is 15.0. The molecular weight excluding hydrogens is 175 g/mol. The van der Waals surface area contributed by atoms with Crippen molar-refractivity contribution in [2.45, 2.75) is 6.92 Å². The number of aromatic nitrogens is 1. The van der Waals surface area contributed by atoms with Crippen LogP contribution in [-0.2, 0) is 0 Å². The topological polar surface area (TPSA) is 53.4 Å². The fourth-order valence-electron chi connectivity index (χ4n) is 0.782. The molecule has 1 rings (SSSR count). The molecule has 0 bridgehead atoms. The number of carbonyl (C=O) groups excluding carboxylic acids is 1. The van der Waals surface area contributed by atoms with E-state index in [-0.39, 0.29) is 11.2 Å². The maximum atomic E-state index is 11.2. The number of carbonyl (C=O) groups is 1. The predicted molar refractivity (Wildman–Crippen MR) is 45.2 cm³/mol. The van der Waals surface area contributed by atoms with Crippen LogP contribution in [0.3, 0.4) is 0 Å². The van der Waals surface area contributed by atoms with Crippen LogP contribution in [0.2, 0.25) is 0 Å². The zero-order chi connectivity index (χ0) is 8.97. The minimum absolute atomic E-state index is 0. The number of amides is 1. The normalized spacial score (nSPS) is 8.77. The molecule has 0 spiro atoms. The Bertz CT molecular complexity index is 266. The van der Waals surface area contributed by atoms with Crippen LogP contribution >= 0.6 is 0 Å². The summed E-state index contributed by atoms with van der Waals surface area (Å²) in [5.74, 6) is -0.425. The van der Waals surface area contributed by atoms with Gasteiger partial charge in [0.1, 0.15) is 0 Å². The monoisotopic (exact) mass is 186 g/mol. The summed E-state index contributed by atoms with van der Waals surface area (Å²) in [6.07, 6.45) is 2.99. The first-order chi connectivity index (χ1) is 5.75. The lowest BCUT2D eigenvalue weighted by Gasteiger charge is -2.10. The standard InChI is InChI=1S/C8H10N2O2.FH/c1-2-10(12)8(11)7-4-3-5-9-6-7;/h3-6,12H,2H2,1H3;1H. The summed E-state index contributed by atoms with van der Waals surface area (Å²) in [6.45, 7) is 1.96. The van der Waals surface area contributed by atoms with Crippen molar-refractivity contribution in [3.8, 4) is 0 Å². The molecule has 0 aliphatic rings. The first kappa shape index (κ1) is 11.5. The van der Waals surface area contributed by atoms with E-state index in [9.17, 15) is 4.79 Å². The zero-order valence-electron chi connectivity index (χ0n) is 7.17. The lowest BCUT2D eigenvalue weighted by atomic mass is 10.3. The highest BCUT2D eigenvalue weighted by atomic mass is 19.0. The lowest BCUT2D eigenvalue weighted by Crippen LogP contribution is -2.26. The van der Waals surface area contributed by atoms with Crippen LogP contribution in [0.5, 0.6) is 0 Å². The van der Waals surface area contributed by atoms with Crippen LogP contribution in [0, 0.1) is 0 Å². The van der Waals surface area contributed by atoms with Gasteiger partial charge in [0.2, 0.25) is 0 Å². The predicted octanol–water partition coefficient (Wildman–Crippen LogP) is 1.09. The van der Waals surface area contributed by atoms with Gasteiger partial charge in [-0.2, -0.15) is 0 Å². The Morgan fingerprint density at radius 2 is 2.38 bits per heavy atom. The second-order valence-electron chi connectivity index (χ2n) is 2.26. The average molecular weight is 186 g/mol. The van der Waals surface area contributed by atoms with Crippen LogP contribution in [-0.4, -0.2) is 27.7 Å². The quantitative estimate of drug-likeness (QED) is 0.555. The van der Waals surface area contributed by atoms with Gasteiger partial charge in [-0.1, -0.05) is 0 Å². The molecule has 5 heteroatoms. The number of hydroxylamine groups is 2. The Balaban J connectivity index is 0.00000144. The molecule has 0 aromatic carbocycles. The largest absolute Gasteiger partial charge is 0.286 e. The maximum Gasteiger partial charge on any atom is 0.278 e. The van der Waals surface area contributed by atoms with Gasteiger partial charge < -0.3 is 0 Å². The highest BCUT2D eigenvalue weighted by molar-refractivity contribution is 5.92. The van der Waals surface area contributed by atoms with Gasteiger partial charge in [0, 0.05) is 18.9 Å². The molecule has 0 saturated carbocycles. The van der Waals surface area contributed by atoms with E-state index in [4.69, 9.17) is 5.21 Å². The van der Waals surface area contributed by atoms with Gasteiger partial charge in [-0.15, -0.1) is 0 Å². The van der Waals surface area contributed by atoms with Crippen molar-refractivity contribution in [2.75, 3.05) is 6.54 Å². The van der Waals surface area contributed by atoms with E-state index >= 15 is 0 Å². The van der Waals surface area contributed by atoms with Gasteiger partial charge in [-0.25, -0.2) is 5.06 Å². The SMILES string of the molecule is CCN(O)C(=O)c1cccnc1.F. The zero-order valence-corrected chi connectivity index (χ0v) is 7.17. The number of hydrogen-bond donors (Lipinski definition) is 1.